The van der Waals surface area contributed by atoms with Gasteiger partial charge in [-0.3, -0.25) is 4.79 Å². The standard InChI is InChI=1S/C21H26N2O5S/c1-14-9-10-17(11-15(14)2)16(3)22-20(24)13-28-21(25)18-7-6-8-19(12-18)29(26,27)23(4)5/h6-12,16H,13H2,1-5H3,(H,22,24)/t16-/m0/s1. The van der Waals surface area contributed by atoms with Crippen LogP contribution in [0.2, 0.25) is 0 Å². The summed E-state index contributed by atoms with van der Waals surface area (Å²) in [6.07, 6.45) is 0. The van der Waals surface area contributed by atoms with Crippen LogP contribution in [0.3, 0.4) is 0 Å². The number of esters is 1. The SMILES string of the molecule is Cc1ccc([C@H](C)NC(=O)COC(=O)c2cccc(S(=O)(=O)N(C)C)c2)cc1C. The second-order valence-corrected chi connectivity index (χ2v) is 9.18. The smallest absolute Gasteiger partial charge is 0.338 e. The average Bonchev–Trinajstić information content (AvgIpc) is 2.68. The van der Waals surface area contributed by atoms with Crippen molar-refractivity contribution in [1.82, 2.24) is 9.62 Å². The molecule has 0 aliphatic heterocycles. The van der Waals surface area contributed by atoms with Crippen LogP contribution in [0.15, 0.2) is 47.4 Å². The maximum Gasteiger partial charge on any atom is 0.338 e. The molecule has 0 bridgehead atoms. The van der Waals surface area contributed by atoms with Gasteiger partial charge in [-0.2, -0.15) is 0 Å². The van der Waals surface area contributed by atoms with Crippen LogP contribution in [0.1, 0.15) is 40.0 Å². The summed E-state index contributed by atoms with van der Waals surface area (Å²) < 4.78 is 30.5. The van der Waals surface area contributed by atoms with Gasteiger partial charge in [0.2, 0.25) is 10.0 Å². The third-order valence-electron chi connectivity index (χ3n) is 4.59. The summed E-state index contributed by atoms with van der Waals surface area (Å²) in [6.45, 7) is 5.40. The molecule has 0 aliphatic rings. The second-order valence-electron chi connectivity index (χ2n) is 7.02. The van der Waals surface area contributed by atoms with Crippen LogP contribution in [0.5, 0.6) is 0 Å². The molecule has 29 heavy (non-hydrogen) atoms. The lowest BCUT2D eigenvalue weighted by molar-refractivity contribution is -0.124. The largest absolute Gasteiger partial charge is 0.452 e. The second kappa shape index (κ2) is 9.19. The number of hydrogen-bond acceptors (Lipinski definition) is 5. The molecule has 0 saturated carbocycles. The zero-order valence-corrected chi connectivity index (χ0v) is 18.0. The van der Waals surface area contributed by atoms with E-state index in [1.807, 2.05) is 39.0 Å². The number of nitrogens with one attached hydrogen (secondary N) is 1. The van der Waals surface area contributed by atoms with Gasteiger partial charge in [-0.25, -0.2) is 17.5 Å². The Balaban J connectivity index is 1.98. The molecule has 2 rings (SSSR count). The first-order valence-electron chi connectivity index (χ1n) is 9.08. The third kappa shape index (κ3) is 5.65. The summed E-state index contributed by atoms with van der Waals surface area (Å²) in [6, 6.07) is 11.2. The number of aryl methyl sites for hydroxylation is 2. The Morgan fingerprint density at radius 2 is 1.76 bits per heavy atom. The summed E-state index contributed by atoms with van der Waals surface area (Å²) >= 11 is 0. The van der Waals surface area contributed by atoms with Crippen LogP contribution >= 0.6 is 0 Å². The molecule has 0 heterocycles. The van der Waals surface area contributed by atoms with Crippen LogP contribution < -0.4 is 5.32 Å². The van der Waals surface area contributed by atoms with Crippen molar-refractivity contribution in [1.29, 1.82) is 0 Å². The maximum atomic E-state index is 12.2. The summed E-state index contributed by atoms with van der Waals surface area (Å²) in [5, 5.41) is 2.78. The molecule has 156 valence electrons. The van der Waals surface area contributed by atoms with Crippen LogP contribution in [0.25, 0.3) is 0 Å². The van der Waals surface area contributed by atoms with E-state index in [4.69, 9.17) is 4.74 Å². The van der Waals surface area contributed by atoms with Crippen LogP contribution in [0.4, 0.5) is 0 Å². The van der Waals surface area contributed by atoms with E-state index >= 15 is 0 Å². The highest BCUT2D eigenvalue weighted by Gasteiger charge is 2.20. The third-order valence-corrected chi connectivity index (χ3v) is 6.40. The highest BCUT2D eigenvalue weighted by atomic mass is 32.2. The Morgan fingerprint density at radius 1 is 1.07 bits per heavy atom. The van der Waals surface area contributed by atoms with Gasteiger partial charge in [-0.1, -0.05) is 24.3 Å². The summed E-state index contributed by atoms with van der Waals surface area (Å²) in [7, 11) is -0.863. The molecule has 0 fully saturated rings. The number of benzene rings is 2. The van der Waals surface area contributed by atoms with Crippen molar-refractivity contribution in [3.8, 4) is 0 Å². The van der Waals surface area contributed by atoms with Gasteiger partial charge in [-0.05, 0) is 55.7 Å². The lowest BCUT2D eigenvalue weighted by Crippen LogP contribution is -2.31. The lowest BCUT2D eigenvalue weighted by atomic mass is 10.0. The molecule has 0 saturated heterocycles. The first kappa shape index (κ1) is 22.6. The molecule has 1 amide bonds. The van der Waals surface area contributed by atoms with Gasteiger partial charge in [0.15, 0.2) is 6.61 Å². The number of nitrogens with zero attached hydrogens (tertiary/aromatic N) is 1. The fourth-order valence-corrected chi connectivity index (χ4v) is 3.56. The molecule has 0 unspecified atom stereocenters. The van der Waals surface area contributed by atoms with Gasteiger partial charge in [0.1, 0.15) is 0 Å². The minimum atomic E-state index is -3.67. The number of sulfonamides is 1. The van der Waals surface area contributed by atoms with E-state index in [0.29, 0.717) is 0 Å². The predicted octanol–water partition coefficient (Wildman–Crippen LogP) is 2.59. The summed E-state index contributed by atoms with van der Waals surface area (Å²) in [5.41, 5.74) is 3.31. The topological polar surface area (TPSA) is 92.8 Å². The minimum Gasteiger partial charge on any atom is -0.452 e. The molecule has 2 aromatic rings. The van der Waals surface area contributed by atoms with Gasteiger partial charge in [0, 0.05) is 14.1 Å². The van der Waals surface area contributed by atoms with E-state index in [1.165, 1.54) is 43.9 Å². The first-order chi connectivity index (χ1) is 13.5. The molecular weight excluding hydrogens is 392 g/mol. The Labute approximate surface area is 171 Å². The highest BCUT2D eigenvalue weighted by molar-refractivity contribution is 7.89. The van der Waals surface area contributed by atoms with Crippen molar-refractivity contribution in [2.45, 2.75) is 31.7 Å². The van der Waals surface area contributed by atoms with E-state index in [1.54, 1.807) is 0 Å². The van der Waals surface area contributed by atoms with Crippen LogP contribution in [-0.4, -0.2) is 45.3 Å². The average molecular weight is 419 g/mol. The molecule has 0 aromatic heterocycles. The number of hydrogen-bond donors (Lipinski definition) is 1. The van der Waals surface area contributed by atoms with Crippen LogP contribution in [0, 0.1) is 13.8 Å². The zero-order chi connectivity index (χ0) is 21.8. The number of amides is 1. The van der Waals surface area contributed by atoms with Crippen molar-refractivity contribution in [2.75, 3.05) is 20.7 Å². The highest BCUT2D eigenvalue weighted by Crippen LogP contribution is 2.17. The van der Waals surface area contributed by atoms with Crippen molar-refractivity contribution < 1.29 is 22.7 Å². The number of rotatable bonds is 7. The van der Waals surface area contributed by atoms with Crippen molar-refractivity contribution in [3.63, 3.8) is 0 Å². The summed E-state index contributed by atoms with van der Waals surface area (Å²) in [4.78, 5) is 24.3. The Hall–Kier alpha value is -2.71. The van der Waals surface area contributed by atoms with Gasteiger partial charge in [-0.15, -0.1) is 0 Å². The van der Waals surface area contributed by atoms with E-state index in [9.17, 15) is 18.0 Å². The van der Waals surface area contributed by atoms with Crippen LogP contribution in [-0.2, 0) is 19.6 Å². The Morgan fingerprint density at radius 3 is 2.38 bits per heavy atom. The number of ether oxygens (including phenoxy) is 1. The minimum absolute atomic E-state index is 0.0234. The van der Waals surface area contributed by atoms with Gasteiger partial charge in [0.25, 0.3) is 5.91 Å². The molecule has 0 aliphatic carbocycles. The Kier molecular flexibility index (Phi) is 7.16. The molecular formula is C21H26N2O5S. The molecule has 7 nitrogen and oxygen atoms in total. The normalized spacial score (nSPS) is 12.5. The van der Waals surface area contributed by atoms with Gasteiger partial charge in [0.05, 0.1) is 16.5 Å². The quantitative estimate of drug-likeness (QED) is 0.698. The van der Waals surface area contributed by atoms with E-state index in [2.05, 4.69) is 5.32 Å². The van der Waals surface area contributed by atoms with Crippen molar-refractivity contribution >= 4 is 21.9 Å². The predicted molar refractivity (Wildman–Crippen MR) is 110 cm³/mol. The lowest BCUT2D eigenvalue weighted by Gasteiger charge is -2.16. The monoisotopic (exact) mass is 418 g/mol. The van der Waals surface area contributed by atoms with E-state index in [0.717, 1.165) is 15.4 Å². The molecule has 1 atom stereocenters. The fourth-order valence-electron chi connectivity index (χ4n) is 2.61. The molecule has 2 aromatic carbocycles. The first-order valence-corrected chi connectivity index (χ1v) is 10.5. The van der Waals surface area contributed by atoms with Gasteiger partial charge >= 0.3 is 5.97 Å². The van der Waals surface area contributed by atoms with Crippen molar-refractivity contribution in [3.05, 3.63) is 64.7 Å². The zero-order valence-electron chi connectivity index (χ0n) is 17.2. The van der Waals surface area contributed by atoms with E-state index in [-0.39, 0.29) is 16.5 Å². The number of carbonyl (C=O) groups is 2. The molecule has 0 spiro atoms. The van der Waals surface area contributed by atoms with Gasteiger partial charge < -0.3 is 10.1 Å². The number of carbonyl (C=O) groups excluding carboxylic acids is 2. The summed E-state index contributed by atoms with van der Waals surface area (Å²) in [5.74, 6) is -1.21. The van der Waals surface area contributed by atoms with Crippen molar-refractivity contribution in [2.24, 2.45) is 0 Å². The molecule has 0 radical (unpaired) electrons. The molecule has 1 N–H and O–H groups in total. The fraction of sp³-hybridized carbons (Fsp3) is 0.333. The Bertz CT molecular complexity index is 1020. The maximum absolute atomic E-state index is 12.2. The van der Waals surface area contributed by atoms with E-state index < -0.39 is 28.5 Å². The molecule has 8 heteroatoms.